The number of phenols is 1. The Morgan fingerprint density at radius 2 is 2.27 bits per heavy atom. The van der Waals surface area contributed by atoms with Gasteiger partial charge in [-0.1, -0.05) is 0 Å². The SMILES string of the molecule is CC(NCc1cc(F)ccc1O)C1CC1. The Balaban J connectivity index is 1.94. The Labute approximate surface area is 89.1 Å². The third kappa shape index (κ3) is 2.69. The molecule has 1 aliphatic rings. The van der Waals surface area contributed by atoms with Crippen molar-refractivity contribution in [2.45, 2.75) is 32.4 Å². The summed E-state index contributed by atoms with van der Waals surface area (Å²) in [7, 11) is 0. The van der Waals surface area contributed by atoms with Crippen LogP contribution in [0.4, 0.5) is 4.39 Å². The van der Waals surface area contributed by atoms with Crippen molar-refractivity contribution in [3.8, 4) is 5.75 Å². The lowest BCUT2D eigenvalue weighted by Gasteiger charge is -2.13. The molecule has 1 aliphatic carbocycles. The van der Waals surface area contributed by atoms with Gasteiger partial charge in [0.1, 0.15) is 11.6 Å². The molecule has 0 heterocycles. The van der Waals surface area contributed by atoms with Gasteiger partial charge in [-0.3, -0.25) is 0 Å². The lowest BCUT2D eigenvalue weighted by molar-refractivity contribution is 0.448. The summed E-state index contributed by atoms with van der Waals surface area (Å²) in [4.78, 5) is 0. The summed E-state index contributed by atoms with van der Waals surface area (Å²) < 4.78 is 12.9. The third-order valence-corrected chi connectivity index (χ3v) is 2.99. The predicted octanol–water partition coefficient (Wildman–Crippen LogP) is 2.42. The van der Waals surface area contributed by atoms with Gasteiger partial charge in [0, 0.05) is 18.2 Å². The van der Waals surface area contributed by atoms with E-state index in [2.05, 4.69) is 12.2 Å². The van der Waals surface area contributed by atoms with Crippen LogP contribution in [0.3, 0.4) is 0 Å². The van der Waals surface area contributed by atoms with Gasteiger partial charge in [-0.15, -0.1) is 0 Å². The highest BCUT2D eigenvalue weighted by Gasteiger charge is 2.27. The molecule has 2 nitrogen and oxygen atoms in total. The fourth-order valence-electron chi connectivity index (χ4n) is 1.73. The molecule has 1 unspecified atom stereocenters. The maximum absolute atomic E-state index is 12.9. The lowest BCUT2D eigenvalue weighted by atomic mass is 10.1. The molecule has 0 aliphatic heterocycles. The third-order valence-electron chi connectivity index (χ3n) is 2.99. The van der Waals surface area contributed by atoms with Gasteiger partial charge in [0.25, 0.3) is 0 Å². The summed E-state index contributed by atoms with van der Waals surface area (Å²) in [5, 5.41) is 12.8. The van der Waals surface area contributed by atoms with Crippen LogP contribution < -0.4 is 5.32 Å². The number of aromatic hydroxyl groups is 1. The minimum Gasteiger partial charge on any atom is -0.508 e. The van der Waals surface area contributed by atoms with E-state index in [4.69, 9.17) is 0 Å². The first-order valence-corrected chi connectivity index (χ1v) is 5.37. The largest absolute Gasteiger partial charge is 0.508 e. The molecule has 0 aromatic heterocycles. The molecule has 2 rings (SSSR count). The molecule has 1 fully saturated rings. The van der Waals surface area contributed by atoms with Crippen molar-refractivity contribution in [1.82, 2.24) is 5.32 Å². The lowest BCUT2D eigenvalue weighted by Crippen LogP contribution is -2.27. The Morgan fingerprint density at radius 3 is 2.93 bits per heavy atom. The average Bonchev–Trinajstić information content (AvgIpc) is 3.02. The highest BCUT2D eigenvalue weighted by Crippen LogP contribution is 2.32. The van der Waals surface area contributed by atoms with Crippen molar-refractivity contribution in [3.63, 3.8) is 0 Å². The van der Waals surface area contributed by atoms with Crippen LogP contribution in [-0.4, -0.2) is 11.1 Å². The molecule has 2 N–H and O–H groups in total. The first-order chi connectivity index (χ1) is 7.16. The van der Waals surface area contributed by atoms with Gasteiger partial charge in [0.05, 0.1) is 0 Å². The topological polar surface area (TPSA) is 32.3 Å². The van der Waals surface area contributed by atoms with Crippen molar-refractivity contribution in [3.05, 3.63) is 29.6 Å². The Morgan fingerprint density at radius 1 is 1.53 bits per heavy atom. The number of hydrogen-bond acceptors (Lipinski definition) is 2. The summed E-state index contributed by atoms with van der Waals surface area (Å²) in [5.41, 5.74) is 0.627. The van der Waals surface area contributed by atoms with E-state index >= 15 is 0 Å². The van der Waals surface area contributed by atoms with Crippen molar-refractivity contribution < 1.29 is 9.50 Å². The number of hydrogen-bond donors (Lipinski definition) is 2. The number of phenolic OH excluding ortho intramolecular Hbond substituents is 1. The quantitative estimate of drug-likeness (QED) is 0.798. The first-order valence-electron chi connectivity index (χ1n) is 5.37. The smallest absolute Gasteiger partial charge is 0.123 e. The van der Waals surface area contributed by atoms with E-state index in [1.165, 1.54) is 31.0 Å². The first kappa shape index (κ1) is 10.4. The molecule has 3 heteroatoms. The monoisotopic (exact) mass is 209 g/mol. The van der Waals surface area contributed by atoms with Gasteiger partial charge in [-0.05, 0) is 43.9 Å². The molecule has 15 heavy (non-hydrogen) atoms. The molecule has 1 aromatic rings. The van der Waals surface area contributed by atoms with Crippen molar-refractivity contribution >= 4 is 0 Å². The zero-order chi connectivity index (χ0) is 10.8. The molecule has 82 valence electrons. The second-order valence-corrected chi connectivity index (χ2v) is 4.28. The molecule has 0 bridgehead atoms. The second kappa shape index (κ2) is 4.19. The maximum atomic E-state index is 12.9. The van der Waals surface area contributed by atoms with Crippen molar-refractivity contribution in [2.75, 3.05) is 0 Å². The summed E-state index contributed by atoms with van der Waals surface area (Å²) in [6.45, 7) is 2.66. The maximum Gasteiger partial charge on any atom is 0.123 e. The van der Waals surface area contributed by atoms with E-state index in [-0.39, 0.29) is 11.6 Å². The molecule has 0 amide bonds. The molecular formula is C12H16FNO. The van der Waals surface area contributed by atoms with Crippen LogP contribution in [0.5, 0.6) is 5.75 Å². The number of nitrogens with one attached hydrogen (secondary N) is 1. The molecule has 0 radical (unpaired) electrons. The van der Waals surface area contributed by atoms with Gasteiger partial charge in [-0.25, -0.2) is 4.39 Å². The Bertz CT molecular complexity index is 349. The van der Waals surface area contributed by atoms with Crippen LogP contribution in [0.2, 0.25) is 0 Å². The zero-order valence-corrected chi connectivity index (χ0v) is 8.83. The van der Waals surface area contributed by atoms with Gasteiger partial charge >= 0.3 is 0 Å². The minimum absolute atomic E-state index is 0.159. The minimum atomic E-state index is -0.302. The highest BCUT2D eigenvalue weighted by molar-refractivity contribution is 5.32. The summed E-state index contributed by atoms with van der Waals surface area (Å²) in [5.74, 6) is 0.622. The van der Waals surface area contributed by atoms with Gasteiger partial charge in [-0.2, -0.15) is 0 Å². The van der Waals surface area contributed by atoms with Crippen LogP contribution in [0.15, 0.2) is 18.2 Å². The standard InChI is InChI=1S/C12H16FNO/c1-8(9-2-3-9)14-7-10-6-11(13)4-5-12(10)15/h4-6,8-9,14-15H,2-3,7H2,1H3. The fourth-order valence-corrected chi connectivity index (χ4v) is 1.73. The Hall–Kier alpha value is -1.09. The normalized spacial score (nSPS) is 17.7. The molecule has 1 aromatic carbocycles. The molecule has 1 atom stereocenters. The van der Waals surface area contributed by atoms with Crippen LogP contribution in [0.25, 0.3) is 0 Å². The van der Waals surface area contributed by atoms with Gasteiger partial charge in [0.15, 0.2) is 0 Å². The van der Waals surface area contributed by atoms with Crippen LogP contribution in [-0.2, 0) is 6.54 Å². The van der Waals surface area contributed by atoms with E-state index in [9.17, 15) is 9.50 Å². The van der Waals surface area contributed by atoms with Gasteiger partial charge < -0.3 is 10.4 Å². The van der Waals surface area contributed by atoms with E-state index in [1.807, 2.05) is 0 Å². The predicted molar refractivity (Wildman–Crippen MR) is 57.1 cm³/mol. The van der Waals surface area contributed by atoms with E-state index in [1.54, 1.807) is 0 Å². The summed E-state index contributed by atoms with van der Waals surface area (Å²) in [6.07, 6.45) is 2.56. The number of benzene rings is 1. The van der Waals surface area contributed by atoms with E-state index < -0.39 is 0 Å². The van der Waals surface area contributed by atoms with Crippen molar-refractivity contribution in [1.29, 1.82) is 0 Å². The van der Waals surface area contributed by atoms with Crippen molar-refractivity contribution in [2.24, 2.45) is 5.92 Å². The molecule has 1 saturated carbocycles. The van der Waals surface area contributed by atoms with Crippen LogP contribution >= 0.6 is 0 Å². The number of halogens is 1. The van der Waals surface area contributed by atoms with Crippen LogP contribution in [0.1, 0.15) is 25.3 Å². The number of rotatable bonds is 4. The molecule has 0 spiro atoms. The summed E-state index contributed by atoms with van der Waals surface area (Å²) >= 11 is 0. The second-order valence-electron chi connectivity index (χ2n) is 4.28. The van der Waals surface area contributed by atoms with E-state index in [0.717, 1.165) is 5.92 Å². The average molecular weight is 209 g/mol. The summed E-state index contributed by atoms with van der Waals surface area (Å²) in [6, 6.07) is 4.49. The Kier molecular flexibility index (Phi) is 2.91. The fraction of sp³-hybridized carbons (Fsp3) is 0.500. The highest BCUT2D eigenvalue weighted by atomic mass is 19.1. The zero-order valence-electron chi connectivity index (χ0n) is 8.83. The van der Waals surface area contributed by atoms with E-state index in [0.29, 0.717) is 18.2 Å². The molecule has 0 saturated heterocycles. The van der Waals surface area contributed by atoms with Crippen LogP contribution in [0, 0.1) is 11.7 Å². The van der Waals surface area contributed by atoms with Gasteiger partial charge in [0.2, 0.25) is 0 Å². The molecular weight excluding hydrogens is 193 g/mol.